The van der Waals surface area contributed by atoms with Gasteiger partial charge in [0.1, 0.15) is 0 Å². The minimum atomic E-state index is 0.238. The molecule has 0 fully saturated rings. The van der Waals surface area contributed by atoms with Gasteiger partial charge in [0.15, 0.2) is 5.78 Å². The molecule has 2 heterocycles. The van der Waals surface area contributed by atoms with E-state index in [1.165, 1.54) is 34.6 Å². The summed E-state index contributed by atoms with van der Waals surface area (Å²) in [7, 11) is 0. The Morgan fingerprint density at radius 2 is 2.00 bits per heavy atom. The minimum Gasteiger partial charge on any atom is -0.359 e. The molecule has 2 aliphatic rings. The van der Waals surface area contributed by atoms with Gasteiger partial charge in [0.05, 0.1) is 5.00 Å². The number of thiophene rings is 1. The van der Waals surface area contributed by atoms with E-state index in [9.17, 15) is 4.79 Å². The molecule has 0 N–H and O–H groups in total. The molecule has 0 aromatic carbocycles. The van der Waals surface area contributed by atoms with Crippen molar-refractivity contribution >= 4 is 28.2 Å². The van der Waals surface area contributed by atoms with Gasteiger partial charge in [-0.3, -0.25) is 4.79 Å². The number of fused-ring (bicyclic) bond motifs is 1. The van der Waals surface area contributed by atoms with Crippen LogP contribution in [0.2, 0.25) is 0 Å². The van der Waals surface area contributed by atoms with Crippen molar-refractivity contribution in [2.24, 2.45) is 0 Å². The second-order valence-corrected chi connectivity index (χ2v) is 7.93. The lowest BCUT2D eigenvalue weighted by molar-refractivity contribution is -0.112. The average molecular weight is 342 g/mol. The molecule has 0 unspecified atom stereocenters. The van der Waals surface area contributed by atoms with Crippen LogP contribution < -0.4 is 4.90 Å². The molecule has 128 valence electrons. The van der Waals surface area contributed by atoms with Gasteiger partial charge in [-0.2, -0.15) is 0 Å². The monoisotopic (exact) mass is 341 g/mol. The molecular weight excluding hydrogens is 314 g/mol. The second-order valence-electron chi connectivity index (χ2n) is 7.03. The van der Waals surface area contributed by atoms with Gasteiger partial charge in [0.2, 0.25) is 0 Å². The third kappa shape index (κ3) is 3.14. The Morgan fingerprint density at radius 1 is 1.25 bits per heavy atom. The fraction of sp³-hybridized carbons (Fsp3) is 0.476. The molecular formula is C21H27NOS. The summed E-state index contributed by atoms with van der Waals surface area (Å²) in [5, 5.41) is 3.41. The van der Waals surface area contributed by atoms with Gasteiger partial charge in [0.25, 0.3) is 0 Å². The number of ketones is 1. The summed E-state index contributed by atoms with van der Waals surface area (Å²) in [4.78, 5) is 15.7. The number of carbonyl (C=O) groups excluding carboxylic acids is 1. The van der Waals surface area contributed by atoms with Gasteiger partial charge in [0, 0.05) is 29.8 Å². The largest absolute Gasteiger partial charge is 0.359 e. The lowest BCUT2D eigenvalue weighted by Gasteiger charge is -2.29. The van der Waals surface area contributed by atoms with E-state index in [4.69, 9.17) is 0 Å². The summed E-state index contributed by atoms with van der Waals surface area (Å²) in [6.45, 7) is 10.2. The molecule has 0 atom stereocenters. The Morgan fingerprint density at radius 3 is 2.67 bits per heavy atom. The summed E-state index contributed by atoms with van der Waals surface area (Å²) < 4.78 is 0. The highest BCUT2D eigenvalue weighted by molar-refractivity contribution is 7.14. The number of likely N-dealkylation sites (N-methyl/N-ethyl adjacent to an activating group) is 1. The van der Waals surface area contributed by atoms with E-state index in [0.717, 1.165) is 42.7 Å². The SMILES string of the molecule is CCN1CC(C(=O)C(=C(C)C)C2=C(C)CCCC2)=Cc2ccsc21. The predicted molar refractivity (Wildman–Crippen MR) is 105 cm³/mol. The first-order valence-electron chi connectivity index (χ1n) is 8.97. The fourth-order valence-electron chi connectivity index (χ4n) is 3.80. The van der Waals surface area contributed by atoms with Gasteiger partial charge in [-0.25, -0.2) is 0 Å². The number of hydrogen-bond donors (Lipinski definition) is 0. The number of rotatable bonds is 4. The number of anilines is 1. The molecule has 0 radical (unpaired) electrons. The van der Waals surface area contributed by atoms with E-state index in [1.54, 1.807) is 11.3 Å². The minimum absolute atomic E-state index is 0.238. The molecule has 2 nitrogen and oxygen atoms in total. The van der Waals surface area contributed by atoms with E-state index in [2.05, 4.69) is 50.1 Å². The van der Waals surface area contributed by atoms with Crippen molar-refractivity contribution < 1.29 is 4.79 Å². The molecule has 24 heavy (non-hydrogen) atoms. The molecule has 0 amide bonds. The Bertz CT molecular complexity index is 744. The summed E-state index contributed by atoms with van der Waals surface area (Å²) in [6, 6.07) is 2.13. The van der Waals surface area contributed by atoms with Gasteiger partial charge in [-0.15, -0.1) is 11.3 Å². The molecule has 3 heteroatoms. The Labute approximate surface area is 149 Å². The van der Waals surface area contributed by atoms with Gasteiger partial charge < -0.3 is 4.90 Å². The van der Waals surface area contributed by atoms with Crippen LogP contribution in [0.25, 0.3) is 6.08 Å². The third-order valence-electron chi connectivity index (χ3n) is 5.10. The van der Waals surface area contributed by atoms with E-state index >= 15 is 0 Å². The quantitative estimate of drug-likeness (QED) is 0.648. The Hall–Kier alpha value is -1.61. The van der Waals surface area contributed by atoms with Crippen LogP contribution in [0.15, 0.2) is 39.3 Å². The zero-order chi connectivity index (χ0) is 17.3. The van der Waals surface area contributed by atoms with Crippen LogP contribution in [-0.2, 0) is 4.79 Å². The first-order valence-corrected chi connectivity index (χ1v) is 9.85. The number of hydrogen-bond acceptors (Lipinski definition) is 3. The van der Waals surface area contributed by atoms with Crippen LogP contribution >= 0.6 is 11.3 Å². The highest BCUT2D eigenvalue weighted by Gasteiger charge is 2.27. The number of allylic oxidation sites excluding steroid dienone is 4. The molecule has 3 rings (SSSR count). The molecule has 0 spiro atoms. The maximum atomic E-state index is 13.4. The first-order chi connectivity index (χ1) is 11.5. The fourth-order valence-corrected chi connectivity index (χ4v) is 4.75. The van der Waals surface area contributed by atoms with Crippen molar-refractivity contribution in [2.75, 3.05) is 18.0 Å². The summed E-state index contributed by atoms with van der Waals surface area (Å²) in [5.41, 5.74) is 6.98. The average Bonchev–Trinajstić information content (AvgIpc) is 3.04. The van der Waals surface area contributed by atoms with Crippen LogP contribution in [0.5, 0.6) is 0 Å². The Kier molecular flexibility index (Phi) is 5.09. The predicted octanol–water partition coefficient (Wildman–Crippen LogP) is 5.77. The molecule has 0 saturated heterocycles. The first kappa shape index (κ1) is 17.2. The highest BCUT2D eigenvalue weighted by Crippen LogP contribution is 2.37. The molecule has 0 bridgehead atoms. The number of nitrogens with zero attached hydrogens (tertiary/aromatic N) is 1. The molecule has 1 aliphatic carbocycles. The van der Waals surface area contributed by atoms with Crippen LogP contribution in [0, 0.1) is 0 Å². The maximum Gasteiger partial charge on any atom is 0.191 e. The zero-order valence-corrected chi connectivity index (χ0v) is 16.1. The number of carbonyl (C=O) groups is 1. The van der Waals surface area contributed by atoms with Gasteiger partial charge in [-0.1, -0.05) is 11.1 Å². The number of Topliss-reactive ketones (excluding diaryl/α,β-unsaturated/α-hetero) is 1. The topological polar surface area (TPSA) is 20.3 Å². The van der Waals surface area contributed by atoms with Crippen molar-refractivity contribution in [3.8, 4) is 0 Å². The Balaban J connectivity index is 2.00. The van der Waals surface area contributed by atoms with Crippen molar-refractivity contribution in [1.82, 2.24) is 0 Å². The van der Waals surface area contributed by atoms with Gasteiger partial charge in [-0.05, 0) is 76.5 Å². The third-order valence-corrected chi connectivity index (χ3v) is 6.09. The van der Waals surface area contributed by atoms with Crippen molar-refractivity contribution in [1.29, 1.82) is 0 Å². The molecule has 1 aromatic rings. The van der Waals surface area contributed by atoms with Crippen molar-refractivity contribution in [3.63, 3.8) is 0 Å². The lowest BCUT2D eigenvalue weighted by atomic mass is 9.82. The van der Waals surface area contributed by atoms with Crippen molar-refractivity contribution in [2.45, 2.75) is 53.4 Å². The van der Waals surface area contributed by atoms with E-state index in [-0.39, 0.29) is 5.78 Å². The summed E-state index contributed by atoms with van der Waals surface area (Å²) >= 11 is 1.76. The van der Waals surface area contributed by atoms with Crippen molar-refractivity contribution in [3.05, 3.63) is 44.9 Å². The van der Waals surface area contributed by atoms with Crippen LogP contribution in [0.3, 0.4) is 0 Å². The van der Waals surface area contributed by atoms with Crippen LogP contribution in [0.4, 0.5) is 5.00 Å². The maximum absolute atomic E-state index is 13.4. The zero-order valence-electron chi connectivity index (χ0n) is 15.2. The summed E-state index contributed by atoms with van der Waals surface area (Å²) in [5.74, 6) is 0.238. The van der Waals surface area contributed by atoms with E-state index in [1.807, 2.05) is 0 Å². The molecule has 1 aliphatic heterocycles. The van der Waals surface area contributed by atoms with Gasteiger partial charge >= 0.3 is 0 Å². The lowest BCUT2D eigenvalue weighted by Crippen LogP contribution is -2.30. The van der Waals surface area contributed by atoms with Crippen LogP contribution in [-0.4, -0.2) is 18.9 Å². The highest BCUT2D eigenvalue weighted by atomic mass is 32.1. The normalized spacial score (nSPS) is 17.5. The van der Waals surface area contributed by atoms with Crippen LogP contribution in [0.1, 0.15) is 58.9 Å². The molecule has 1 aromatic heterocycles. The van der Waals surface area contributed by atoms with E-state index < -0.39 is 0 Å². The summed E-state index contributed by atoms with van der Waals surface area (Å²) in [6.07, 6.45) is 6.75. The second kappa shape index (κ2) is 7.10. The standard InChI is InChI=1S/C21H27NOS/c1-5-22-13-17(12-16-10-11-24-21(16)22)20(23)19(14(2)3)18-9-7-6-8-15(18)4/h10-12H,5-9,13H2,1-4H3. The van der Waals surface area contributed by atoms with E-state index in [0.29, 0.717) is 0 Å². The smallest absolute Gasteiger partial charge is 0.191 e. The molecule has 0 saturated carbocycles.